The van der Waals surface area contributed by atoms with Crippen LogP contribution in [-0.4, -0.2) is 55.1 Å². The fourth-order valence-electron chi connectivity index (χ4n) is 3.59. The van der Waals surface area contributed by atoms with E-state index < -0.39 is 0 Å². The molecule has 1 aromatic heterocycles. The Morgan fingerprint density at radius 2 is 1.96 bits per heavy atom. The van der Waals surface area contributed by atoms with Crippen LogP contribution in [0.5, 0.6) is 0 Å². The summed E-state index contributed by atoms with van der Waals surface area (Å²) < 4.78 is 5.82. The first-order chi connectivity index (χ1) is 11.8. The van der Waals surface area contributed by atoms with Crippen molar-refractivity contribution >= 4 is 47.8 Å². The zero-order valence-electron chi connectivity index (χ0n) is 14.7. The van der Waals surface area contributed by atoms with E-state index in [1.54, 1.807) is 0 Å². The lowest BCUT2D eigenvalue weighted by Crippen LogP contribution is -2.49. The normalized spacial score (nSPS) is 19.9. The monoisotopic (exact) mass is 400 g/mol. The van der Waals surface area contributed by atoms with Crippen molar-refractivity contribution in [3.63, 3.8) is 0 Å². The minimum Gasteiger partial charge on any atom is -0.423 e. The van der Waals surface area contributed by atoms with E-state index in [-0.39, 0.29) is 24.8 Å². The van der Waals surface area contributed by atoms with Crippen LogP contribution in [0.1, 0.15) is 19.3 Å². The third-order valence-electron chi connectivity index (χ3n) is 5.11. The van der Waals surface area contributed by atoms with Crippen molar-refractivity contribution in [3.8, 4) is 0 Å². The molecule has 1 N–H and O–H groups in total. The van der Waals surface area contributed by atoms with Gasteiger partial charge < -0.3 is 19.5 Å². The Morgan fingerprint density at radius 1 is 1.19 bits per heavy atom. The quantitative estimate of drug-likeness (QED) is 0.854. The highest BCUT2D eigenvalue weighted by Crippen LogP contribution is 2.23. The molecule has 1 aromatic carbocycles. The van der Waals surface area contributed by atoms with E-state index >= 15 is 0 Å². The maximum atomic E-state index is 12.4. The lowest BCUT2D eigenvalue weighted by atomic mass is 10.0. The second-order valence-corrected chi connectivity index (χ2v) is 6.73. The average molecular weight is 401 g/mol. The topological polar surface area (TPSA) is 61.6 Å². The van der Waals surface area contributed by atoms with E-state index in [9.17, 15) is 4.79 Å². The Balaban J connectivity index is 0.00000121. The summed E-state index contributed by atoms with van der Waals surface area (Å²) in [6.07, 6.45) is 2.89. The second-order valence-electron chi connectivity index (χ2n) is 6.73. The molecule has 2 aliphatic rings. The summed E-state index contributed by atoms with van der Waals surface area (Å²) in [6, 6.07) is 8.47. The Morgan fingerprint density at radius 3 is 2.65 bits per heavy atom. The zero-order valence-corrected chi connectivity index (χ0v) is 16.4. The highest BCUT2D eigenvalue weighted by molar-refractivity contribution is 5.85. The Hall–Kier alpha value is -1.50. The van der Waals surface area contributed by atoms with Crippen molar-refractivity contribution in [2.75, 3.05) is 44.2 Å². The Kier molecular flexibility index (Phi) is 7.55. The molecule has 3 heterocycles. The van der Waals surface area contributed by atoms with Crippen molar-refractivity contribution in [3.05, 3.63) is 24.3 Å². The molecule has 8 heteroatoms. The molecule has 2 saturated heterocycles. The van der Waals surface area contributed by atoms with Crippen LogP contribution in [-0.2, 0) is 4.79 Å². The molecular weight excluding hydrogens is 375 g/mol. The summed E-state index contributed by atoms with van der Waals surface area (Å²) in [6.45, 7) is 5.23. The van der Waals surface area contributed by atoms with Gasteiger partial charge in [-0.1, -0.05) is 12.1 Å². The summed E-state index contributed by atoms with van der Waals surface area (Å²) in [5.41, 5.74) is 1.70. The first-order valence-electron chi connectivity index (χ1n) is 8.88. The van der Waals surface area contributed by atoms with Crippen LogP contribution in [0.3, 0.4) is 0 Å². The molecule has 6 nitrogen and oxygen atoms in total. The van der Waals surface area contributed by atoms with E-state index in [0.717, 1.165) is 56.8 Å². The molecule has 0 spiro atoms. The number of benzene rings is 1. The van der Waals surface area contributed by atoms with Crippen LogP contribution in [0.2, 0.25) is 0 Å². The molecule has 2 aliphatic heterocycles. The number of rotatable bonds is 4. The highest BCUT2D eigenvalue weighted by atomic mass is 35.5. The van der Waals surface area contributed by atoms with Crippen molar-refractivity contribution in [1.29, 1.82) is 0 Å². The molecule has 1 unspecified atom stereocenters. The lowest BCUT2D eigenvalue weighted by Gasteiger charge is -2.34. The number of fused-ring (bicyclic) bond motifs is 1. The molecule has 2 fully saturated rings. The first kappa shape index (κ1) is 20.8. The van der Waals surface area contributed by atoms with Crippen LogP contribution in [0.25, 0.3) is 11.1 Å². The van der Waals surface area contributed by atoms with Gasteiger partial charge >= 0.3 is 0 Å². The maximum Gasteiger partial charge on any atom is 0.298 e. The summed E-state index contributed by atoms with van der Waals surface area (Å²) in [5.74, 6) is 0.967. The smallest absolute Gasteiger partial charge is 0.298 e. The molecule has 0 bridgehead atoms. The van der Waals surface area contributed by atoms with E-state index in [0.29, 0.717) is 24.3 Å². The minimum absolute atomic E-state index is 0. The molecule has 1 atom stereocenters. The number of halogens is 2. The van der Waals surface area contributed by atoms with Gasteiger partial charge in [0.05, 0.1) is 0 Å². The van der Waals surface area contributed by atoms with Crippen LogP contribution in [0.15, 0.2) is 28.7 Å². The van der Waals surface area contributed by atoms with E-state index in [1.807, 2.05) is 29.2 Å². The number of aromatic nitrogens is 1. The van der Waals surface area contributed by atoms with Gasteiger partial charge in [0.1, 0.15) is 5.52 Å². The number of nitrogens with zero attached hydrogens (tertiary/aromatic N) is 3. The number of hydrogen-bond donors (Lipinski definition) is 1. The number of piperazine rings is 1. The van der Waals surface area contributed by atoms with Gasteiger partial charge in [-0.2, -0.15) is 4.98 Å². The molecule has 144 valence electrons. The maximum absolute atomic E-state index is 12.4. The number of para-hydroxylation sites is 2. The second kappa shape index (κ2) is 9.44. The Labute approximate surface area is 166 Å². The first-order valence-corrected chi connectivity index (χ1v) is 8.88. The largest absolute Gasteiger partial charge is 0.423 e. The minimum atomic E-state index is 0. The SMILES string of the molecule is Cl.Cl.O=C(CCC1CCNC1)N1CCN(c2nc3ccccc3o2)CC1. The van der Waals surface area contributed by atoms with Crippen LogP contribution in [0, 0.1) is 5.92 Å². The number of nitrogens with one attached hydrogen (secondary N) is 1. The van der Waals surface area contributed by atoms with Gasteiger partial charge in [0, 0.05) is 32.6 Å². The number of oxazole rings is 1. The summed E-state index contributed by atoms with van der Waals surface area (Å²) >= 11 is 0. The standard InChI is InChI=1S/C18H24N4O2.2ClH/c23-17(6-5-14-7-8-19-13-14)21-9-11-22(12-10-21)18-20-15-3-1-2-4-16(15)24-18;;/h1-4,14,19H,5-13H2;2*1H. The molecule has 0 aliphatic carbocycles. The van der Waals surface area contributed by atoms with Crippen molar-refractivity contribution < 1.29 is 9.21 Å². The fourth-order valence-corrected chi connectivity index (χ4v) is 3.59. The van der Waals surface area contributed by atoms with Gasteiger partial charge in [-0.3, -0.25) is 4.79 Å². The third-order valence-corrected chi connectivity index (χ3v) is 5.11. The van der Waals surface area contributed by atoms with Crippen molar-refractivity contribution in [2.45, 2.75) is 19.3 Å². The van der Waals surface area contributed by atoms with Crippen LogP contribution < -0.4 is 10.2 Å². The van der Waals surface area contributed by atoms with E-state index in [4.69, 9.17) is 4.42 Å². The van der Waals surface area contributed by atoms with E-state index in [1.165, 1.54) is 6.42 Å². The molecule has 0 radical (unpaired) electrons. The number of hydrogen-bond acceptors (Lipinski definition) is 5. The van der Waals surface area contributed by atoms with Crippen LogP contribution in [0.4, 0.5) is 6.01 Å². The van der Waals surface area contributed by atoms with Gasteiger partial charge in [0.2, 0.25) is 5.91 Å². The molecule has 26 heavy (non-hydrogen) atoms. The number of carbonyl (C=O) groups excluding carboxylic acids is 1. The lowest BCUT2D eigenvalue weighted by molar-refractivity contribution is -0.131. The zero-order chi connectivity index (χ0) is 16.4. The third kappa shape index (κ3) is 4.61. The Bertz CT molecular complexity index is 677. The van der Waals surface area contributed by atoms with Gasteiger partial charge in [-0.15, -0.1) is 24.8 Å². The molecule has 1 amide bonds. The fraction of sp³-hybridized carbons (Fsp3) is 0.556. The van der Waals surface area contributed by atoms with Gasteiger partial charge in [0.25, 0.3) is 6.01 Å². The summed E-state index contributed by atoms with van der Waals surface area (Å²) in [7, 11) is 0. The average Bonchev–Trinajstić information content (AvgIpc) is 3.29. The van der Waals surface area contributed by atoms with Gasteiger partial charge in [-0.25, -0.2) is 0 Å². The predicted molar refractivity (Wildman–Crippen MR) is 108 cm³/mol. The number of anilines is 1. The number of amides is 1. The molecule has 2 aromatic rings. The van der Waals surface area contributed by atoms with Crippen molar-refractivity contribution in [1.82, 2.24) is 15.2 Å². The highest BCUT2D eigenvalue weighted by Gasteiger charge is 2.25. The summed E-state index contributed by atoms with van der Waals surface area (Å²) in [4.78, 5) is 21.0. The summed E-state index contributed by atoms with van der Waals surface area (Å²) in [5, 5.41) is 3.36. The van der Waals surface area contributed by atoms with Crippen molar-refractivity contribution in [2.24, 2.45) is 5.92 Å². The van der Waals surface area contributed by atoms with Gasteiger partial charge in [0.15, 0.2) is 5.58 Å². The number of carbonyl (C=O) groups is 1. The predicted octanol–water partition coefficient (Wildman–Crippen LogP) is 2.71. The van der Waals surface area contributed by atoms with E-state index in [2.05, 4.69) is 15.2 Å². The van der Waals surface area contributed by atoms with Crippen LogP contribution >= 0.6 is 24.8 Å². The van der Waals surface area contributed by atoms with Gasteiger partial charge in [-0.05, 0) is 44.0 Å². The molecule has 4 rings (SSSR count). The molecular formula is C18H26Cl2N4O2. The molecule has 0 saturated carbocycles.